The van der Waals surface area contributed by atoms with Gasteiger partial charge in [-0.1, -0.05) is 20.4 Å². The molecule has 0 unspecified atom stereocenters. The number of nitrogens with zero attached hydrogens (tertiary/aromatic N) is 2. The van der Waals surface area contributed by atoms with E-state index in [1.807, 2.05) is 7.05 Å². The zero-order valence-corrected chi connectivity index (χ0v) is 11.7. The van der Waals surface area contributed by atoms with E-state index in [2.05, 4.69) is 30.2 Å². The van der Waals surface area contributed by atoms with E-state index in [0.29, 0.717) is 12.2 Å². The largest absolute Gasteiger partial charge is 0.461 e. The molecule has 0 aromatic heterocycles. The van der Waals surface area contributed by atoms with E-state index >= 15 is 0 Å². The van der Waals surface area contributed by atoms with Crippen molar-refractivity contribution in [1.82, 2.24) is 9.80 Å². The van der Waals surface area contributed by atoms with E-state index in [9.17, 15) is 4.79 Å². The molecule has 0 bridgehead atoms. The number of carbonyl (C=O) groups is 1. The molecule has 0 fully saturated rings. The predicted molar refractivity (Wildman–Crippen MR) is 71.1 cm³/mol. The minimum Gasteiger partial charge on any atom is -0.461 e. The summed E-state index contributed by atoms with van der Waals surface area (Å²) in [6.07, 6.45) is 0. The van der Waals surface area contributed by atoms with Crippen molar-refractivity contribution in [1.29, 1.82) is 0 Å². The highest BCUT2D eigenvalue weighted by Crippen LogP contribution is 1.93. The molecule has 0 spiro atoms. The van der Waals surface area contributed by atoms with Gasteiger partial charge in [0.05, 0.1) is 0 Å². The van der Waals surface area contributed by atoms with E-state index < -0.39 is 0 Å². The van der Waals surface area contributed by atoms with Crippen molar-refractivity contribution in [2.45, 2.75) is 20.8 Å². The number of likely N-dealkylation sites (N-methyl/N-ethyl adjacent to an activating group) is 2. The average molecular weight is 242 g/mol. The fourth-order valence-electron chi connectivity index (χ4n) is 1.38. The maximum atomic E-state index is 11.1. The first-order chi connectivity index (χ1) is 8.01. The maximum Gasteiger partial charge on any atom is 0.333 e. The lowest BCUT2D eigenvalue weighted by Crippen LogP contribution is -2.34. The number of rotatable bonds is 9. The summed E-state index contributed by atoms with van der Waals surface area (Å²) >= 11 is 0. The van der Waals surface area contributed by atoms with Gasteiger partial charge in [0.2, 0.25) is 0 Å². The van der Waals surface area contributed by atoms with Gasteiger partial charge in [0.1, 0.15) is 6.61 Å². The van der Waals surface area contributed by atoms with Crippen LogP contribution in [0.3, 0.4) is 0 Å². The molecule has 100 valence electrons. The highest BCUT2D eigenvalue weighted by atomic mass is 16.5. The summed E-state index contributed by atoms with van der Waals surface area (Å²) < 4.78 is 5.04. The number of ether oxygens (including phenoxy) is 1. The standard InChI is InChI=1S/C13H26N2O2/c1-6-15(7-2)9-8-14(5)10-11-17-13(16)12(3)4/h3,6-11H2,1-2,4-5H3. The first kappa shape index (κ1) is 16.1. The summed E-state index contributed by atoms with van der Waals surface area (Å²) in [6, 6.07) is 0. The molecule has 0 amide bonds. The number of hydrogen-bond acceptors (Lipinski definition) is 4. The van der Waals surface area contributed by atoms with Gasteiger partial charge in [-0.15, -0.1) is 0 Å². The Kier molecular flexibility index (Phi) is 8.72. The maximum absolute atomic E-state index is 11.1. The topological polar surface area (TPSA) is 32.8 Å². The van der Waals surface area contributed by atoms with Crippen LogP contribution in [0.1, 0.15) is 20.8 Å². The van der Waals surface area contributed by atoms with Crippen molar-refractivity contribution < 1.29 is 9.53 Å². The molecule has 17 heavy (non-hydrogen) atoms. The lowest BCUT2D eigenvalue weighted by Gasteiger charge is -2.22. The van der Waals surface area contributed by atoms with Crippen LogP contribution in [0.4, 0.5) is 0 Å². The molecule has 0 N–H and O–H groups in total. The van der Waals surface area contributed by atoms with E-state index in [1.165, 1.54) is 0 Å². The van der Waals surface area contributed by atoms with Gasteiger partial charge in [0, 0.05) is 25.2 Å². The highest BCUT2D eigenvalue weighted by Gasteiger charge is 2.05. The van der Waals surface area contributed by atoms with Gasteiger partial charge in [-0.05, 0) is 27.1 Å². The second-order valence-corrected chi connectivity index (χ2v) is 4.25. The van der Waals surface area contributed by atoms with Crippen LogP contribution in [0.2, 0.25) is 0 Å². The molecular weight excluding hydrogens is 216 g/mol. The Labute approximate surface area is 105 Å². The van der Waals surface area contributed by atoms with Crippen LogP contribution in [-0.4, -0.2) is 62.1 Å². The van der Waals surface area contributed by atoms with Crippen LogP contribution < -0.4 is 0 Å². The summed E-state index contributed by atoms with van der Waals surface area (Å²) in [4.78, 5) is 15.7. The Morgan fingerprint density at radius 1 is 1.18 bits per heavy atom. The molecule has 0 aliphatic heterocycles. The van der Waals surface area contributed by atoms with Gasteiger partial charge in [-0.2, -0.15) is 0 Å². The molecular formula is C13H26N2O2. The predicted octanol–water partition coefficient (Wildman–Crippen LogP) is 1.38. The van der Waals surface area contributed by atoms with Crippen LogP contribution in [0, 0.1) is 0 Å². The van der Waals surface area contributed by atoms with E-state index in [0.717, 1.165) is 32.7 Å². The van der Waals surface area contributed by atoms with Gasteiger partial charge in [0.15, 0.2) is 0 Å². The Bertz CT molecular complexity index is 238. The molecule has 0 aliphatic rings. The first-order valence-corrected chi connectivity index (χ1v) is 6.24. The third kappa shape index (κ3) is 7.94. The molecule has 4 heteroatoms. The summed E-state index contributed by atoms with van der Waals surface area (Å²) in [5.41, 5.74) is 0.454. The normalized spacial score (nSPS) is 10.9. The van der Waals surface area contributed by atoms with Crippen molar-refractivity contribution in [3.63, 3.8) is 0 Å². The summed E-state index contributed by atoms with van der Waals surface area (Å²) in [5, 5.41) is 0. The molecule has 4 nitrogen and oxygen atoms in total. The summed E-state index contributed by atoms with van der Waals surface area (Å²) in [6.45, 7) is 14.9. The fraction of sp³-hybridized carbons (Fsp3) is 0.769. The summed E-state index contributed by atoms with van der Waals surface area (Å²) in [7, 11) is 2.04. The Morgan fingerprint density at radius 2 is 1.76 bits per heavy atom. The molecule has 0 heterocycles. The van der Waals surface area contributed by atoms with Crippen LogP contribution in [0.25, 0.3) is 0 Å². The number of carbonyl (C=O) groups excluding carboxylic acids is 1. The minimum atomic E-state index is -0.304. The van der Waals surface area contributed by atoms with Crippen LogP contribution >= 0.6 is 0 Å². The van der Waals surface area contributed by atoms with Crippen molar-refractivity contribution in [2.75, 3.05) is 46.4 Å². The zero-order valence-electron chi connectivity index (χ0n) is 11.7. The zero-order chi connectivity index (χ0) is 13.3. The Hall–Kier alpha value is -0.870. The van der Waals surface area contributed by atoms with Crippen molar-refractivity contribution in [3.05, 3.63) is 12.2 Å². The SMILES string of the molecule is C=C(C)C(=O)OCCN(C)CCN(CC)CC. The molecule has 0 aromatic rings. The monoisotopic (exact) mass is 242 g/mol. The summed E-state index contributed by atoms with van der Waals surface area (Å²) in [5.74, 6) is -0.304. The van der Waals surface area contributed by atoms with Gasteiger partial charge in [-0.25, -0.2) is 4.79 Å². The van der Waals surface area contributed by atoms with E-state index in [1.54, 1.807) is 6.92 Å². The lowest BCUT2D eigenvalue weighted by molar-refractivity contribution is -0.139. The minimum absolute atomic E-state index is 0.304. The first-order valence-electron chi connectivity index (χ1n) is 6.24. The second-order valence-electron chi connectivity index (χ2n) is 4.25. The van der Waals surface area contributed by atoms with Crippen molar-refractivity contribution in [3.8, 4) is 0 Å². The molecule has 0 radical (unpaired) electrons. The van der Waals surface area contributed by atoms with Crippen LogP contribution in [-0.2, 0) is 9.53 Å². The fourth-order valence-corrected chi connectivity index (χ4v) is 1.38. The molecule has 0 rings (SSSR count). The third-order valence-corrected chi connectivity index (χ3v) is 2.75. The van der Waals surface area contributed by atoms with Gasteiger partial charge < -0.3 is 14.5 Å². The third-order valence-electron chi connectivity index (χ3n) is 2.75. The molecule has 0 aliphatic carbocycles. The van der Waals surface area contributed by atoms with Crippen molar-refractivity contribution >= 4 is 5.97 Å². The van der Waals surface area contributed by atoms with Gasteiger partial charge in [-0.3, -0.25) is 0 Å². The van der Waals surface area contributed by atoms with Crippen molar-refractivity contribution in [2.24, 2.45) is 0 Å². The smallest absolute Gasteiger partial charge is 0.333 e. The van der Waals surface area contributed by atoms with Crippen LogP contribution in [0.5, 0.6) is 0 Å². The van der Waals surface area contributed by atoms with E-state index in [-0.39, 0.29) is 5.97 Å². The Balaban J connectivity index is 3.62. The molecule has 0 saturated carbocycles. The average Bonchev–Trinajstić information content (AvgIpc) is 2.30. The second kappa shape index (κ2) is 9.19. The molecule has 0 aromatic carbocycles. The number of hydrogen-bond donors (Lipinski definition) is 0. The van der Waals surface area contributed by atoms with Gasteiger partial charge in [0.25, 0.3) is 0 Å². The molecule has 0 saturated heterocycles. The van der Waals surface area contributed by atoms with Gasteiger partial charge >= 0.3 is 5.97 Å². The highest BCUT2D eigenvalue weighted by molar-refractivity contribution is 5.86. The number of esters is 1. The Morgan fingerprint density at radius 3 is 2.24 bits per heavy atom. The van der Waals surface area contributed by atoms with E-state index in [4.69, 9.17) is 4.74 Å². The molecule has 0 atom stereocenters. The lowest BCUT2D eigenvalue weighted by atomic mass is 10.4. The quantitative estimate of drug-likeness (QED) is 0.452. The van der Waals surface area contributed by atoms with Crippen LogP contribution in [0.15, 0.2) is 12.2 Å².